The second-order valence-electron chi connectivity index (χ2n) is 8.99. The van der Waals surface area contributed by atoms with Gasteiger partial charge in [0.2, 0.25) is 0 Å². The third-order valence-corrected chi connectivity index (χ3v) is 5.77. The molecule has 4 rings (SSSR count). The number of rotatable bonds is 9. The summed E-state index contributed by atoms with van der Waals surface area (Å²) in [6.07, 6.45) is -5.01. The Hall–Kier alpha value is -4.79. The fourth-order valence-electron chi connectivity index (χ4n) is 4.28. The summed E-state index contributed by atoms with van der Waals surface area (Å²) in [7, 11) is 0. The molecule has 0 saturated carbocycles. The molecule has 1 aromatic carbocycles. The van der Waals surface area contributed by atoms with E-state index in [1.165, 1.54) is 23.9 Å². The average molecular weight is 574 g/mol. The maximum absolute atomic E-state index is 12.1. The van der Waals surface area contributed by atoms with Gasteiger partial charge in [0, 0.05) is 27.7 Å². The minimum atomic E-state index is -1.36. The molecule has 15 heteroatoms. The maximum Gasteiger partial charge on any atom is 0.339 e. The minimum absolute atomic E-state index is 0.126. The number of ether oxygens (including phenoxy) is 6. The van der Waals surface area contributed by atoms with Gasteiger partial charge in [-0.05, 0) is 12.1 Å². The predicted molar refractivity (Wildman–Crippen MR) is 134 cm³/mol. The fourth-order valence-corrected chi connectivity index (χ4v) is 4.28. The topological polar surface area (TPSA) is 185 Å². The molecular formula is C26H27N3O12. The first kappa shape index (κ1) is 29.2. The molecule has 15 nitrogen and oxygen atoms in total. The summed E-state index contributed by atoms with van der Waals surface area (Å²) in [6.45, 7) is 4.05. The van der Waals surface area contributed by atoms with Gasteiger partial charge in [-0.3, -0.25) is 19.2 Å². The Morgan fingerprint density at radius 3 is 2.24 bits per heavy atom. The first-order chi connectivity index (χ1) is 19.5. The number of carbonyl (C=O) groups is 4. The molecule has 0 amide bonds. The lowest BCUT2D eigenvalue weighted by atomic mass is 9.97. The fraction of sp³-hybridized carbons (Fsp3) is 0.423. The van der Waals surface area contributed by atoms with Crippen LogP contribution in [0.25, 0.3) is 11.0 Å². The summed E-state index contributed by atoms with van der Waals surface area (Å²) in [4.78, 5) is 59.4. The molecule has 5 atom stereocenters. The van der Waals surface area contributed by atoms with Crippen molar-refractivity contribution in [3.8, 4) is 5.75 Å². The summed E-state index contributed by atoms with van der Waals surface area (Å²) < 4.78 is 39.6. The molecule has 1 saturated heterocycles. The highest BCUT2D eigenvalue weighted by molar-refractivity contribution is 5.82. The van der Waals surface area contributed by atoms with E-state index in [1.54, 1.807) is 24.3 Å². The number of benzene rings is 1. The molecule has 1 aliphatic heterocycles. The number of esters is 4. The first-order valence-corrected chi connectivity index (χ1v) is 12.4. The van der Waals surface area contributed by atoms with Gasteiger partial charge in [0.1, 0.15) is 36.3 Å². The molecule has 0 spiro atoms. The van der Waals surface area contributed by atoms with Gasteiger partial charge >= 0.3 is 29.5 Å². The van der Waals surface area contributed by atoms with Crippen molar-refractivity contribution < 1.29 is 52.0 Å². The second-order valence-corrected chi connectivity index (χ2v) is 8.99. The molecule has 0 aliphatic carbocycles. The normalized spacial score (nSPS) is 22.0. The number of nitrogens with zero attached hydrogens (tertiary/aromatic N) is 3. The van der Waals surface area contributed by atoms with E-state index in [0.717, 1.165) is 20.8 Å². The van der Waals surface area contributed by atoms with Gasteiger partial charge < -0.3 is 32.8 Å². The number of aromatic nitrogens is 3. The van der Waals surface area contributed by atoms with Crippen LogP contribution in [0.5, 0.6) is 5.75 Å². The summed E-state index contributed by atoms with van der Waals surface area (Å²) in [5.74, 6) is -2.63. The van der Waals surface area contributed by atoms with E-state index in [1.807, 2.05) is 0 Å². The van der Waals surface area contributed by atoms with Crippen molar-refractivity contribution in [1.82, 2.24) is 15.0 Å². The van der Waals surface area contributed by atoms with Crippen LogP contribution in [-0.2, 0) is 49.5 Å². The zero-order chi connectivity index (χ0) is 29.7. The van der Waals surface area contributed by atoms with Crippen molar-refractivity contribution in [2.45, 2.75) is 64.9 Å². The highest BCUT2D eigenvalue weighted by Crippen LogP contribution is 2.34. The minimum Gasteiger partial charge on any atom is -0.486 e. The van der Waals surface area contributed by atoms with Gasteiger partial charge in [-0.1, -0.05) is 17.3 Å². The number of fused-ring (bicyclic) bond motifs is 1. The lowest BCUT2D eigenvalue weighted by Crippen LogP contribution is -2.60. The van der Waals surface area contributed by atoms with Crippen molar-refractivity contribution in [3.63, 3.8) is 0 Å². The van der Waals surface area contributed by atoms with Crippen LogP contribution in [0.1, 0.15) is 39.6 Å². The van der Waals surface area contributed by atoms with E-state index in [2.05, 4.69) is 10.3 Å². The van der Waals surface area contributed by atoms with E-state index in [-0.39, 0.29) is 24.7 Å². The Morgan fingerprint density at radius 2 is 1.56 bits per heavy atom. The summed E-state index contributed by atoms with van der Waals surface area (Å²) in [5, 5.41) is 8.68. The molecule has 0 radical (unpaired) electrons. The zero-order valence-electron chi connectivity index (χ0n) is 22.5. The van der Waals surface area contributed by atoms with Crippen LogP contribution in [0.15, 0.2) is 45.7 Å². The molecule has 1 fully saturated rings. The first-order valence-electron chi connectivity index (χ1n) is 12.4. The van der Waals surface area contributed by atoms with Crippen LogP contribution < -0.4 is 10.4 Å². The van der Waals surface area contributed by atoms with Gasteiger partial charge in [0.25, 0.3) is 0 Å². The Morgan fingerprint density at radius 1 is 0.902 bits per heavy atom. The lowest BCUT2D eigenvalue weighted by Gasteiger charge is -2.44. The molecule has 0 N–H and O–H groups in total. The molecule has 3 heterocycles. The number of hydrogen-bond acceptors (Lipinski definition) is 14. The molecular weight excluding hydrogens is 546 g/mol. The largest absolute Gasteiger partial charge is 0.486 e. The SMILES string of the molecule is CC(=O)OC[C@H]1O[C@H](n2cc(COc3cc(=O)oc4ccccc34)nn2)[C@@H](OC(C)=O)[C@@H](OC(C)=O)[C@@H]1OC(C)=O. The van der Waals surface area contributed by atoms with Gasteiger partial charge in [-0.15, -0.1) is 5.10 Å². The van der Waals surface area contributed by atoms with Crippen LogP contribution in [-0.4, -0.2) is 69.9 Å². The highest BCUT2D eigenvalue weighted by atomic mass is 16.7. The average Bonchev–Trinajstić information content (AvgIpc) is 3.36. The standard InChI is InChI=1S/C26H27N3O12/c1-13(30)35-12-21-23(37-14(2)31)24(38-15(3)32)25(39-16(4)33)26(41-21)29-10-17(27-28-29)11-36-20-9-22(34)40-19-8-6-5-7-18(19)20/h5-10,21,23-26H,11-12H2,1-4H3/t21-,23-,24+,25+,26+/m1/s1. The smallest absolute Gasteiger partial charge is 0.339 e. The molecule has 41 heavy (non-hydrogen) atoms. The van der Waals surface area contributed by atoms with Crippen LogP contribution in [0.3, 0.4) is 0 Å². The van der Waals surface area contributed by atoms with E-state index < -0.39 is 60.1 Å². The molecule has 0 unspecified atom stereocenters. The lowest BCUT2D eigenvalue weighted by molar-refractivity contribution is -0.270. The van der Waals surface area contributed by atoms with Crippen molar-refractivity contribution in [1.29, 1.82) is 0 Å². The third kappa shape index (κ3) is 7.25. The highest BCUT2D eigenvalue weighted by Gasteiger charge is 2.53. The molecule has 3 aromatic rings. The summed E-state index contributed by atoms with van der Waals surface area (Å²) in [5.41, 5.74) is 0.0335. The Balaban J connectivity index is 1.64. The van der Waals surface area contributed by atoms with E-state index in [9.17, 15) is 24.0 Å². The maximum atomic E-state index is 12.1. The van der Waals surface area contributed by atoms with E-state index >= 15 is 0 Å². The third-order valence-electron chi connectivity index (χ3n) is 5.77. The molecule has 218 valence electrons. The number of hydrogen-bond donors (Lipinski definition) is 0. The van der Waals surface area contributed by atoms with Gasteiger partial charge in [0.15, 0.2) is 24.5 Å². The molecule has 0 bridgehead atoms. The van der Waals surface area contributed by atoms with Crippen molar-refractivity contribution >= 4 is 34.8 Å². The van der Waals surface area contributed by atoms with Crippen molar-refractivity contribution in [3.05, 3.63) is 52.6 Å². The predicted octanol–water partition coefficient (Wildman–Crippen LogP) is 1.22. The molecule has 2 aromatic heterocycles. The van der Waals surface area contributed by atoms with Crippen LogP contribution >= 0.6 is 0 Å². The van der Waals surface area contributed by atoms with Crippen LogP contribution in [0.2, 0.25) is 0 Å². The van der Waals surface area contributed by atoms with Crippen molar-refractivity contribution in [2.75, 3.05) is 6.61 Å². The van der Waals surface area contributed by atoms with Crippen LogP contribution in [0, 0.1) is 0 Å². The molecule has 1 aliphatic rings. The van der Waals surface area contributed by atoms with Gasteiger partial charge in [0.05, 0.1) is 17.6 Å². The quantitative estimate of drug-likeness (QED) is 0.202. The Labute approximate surface area is 232 Å². The Kier molecular flexibility index (Phi) is 8.97. The zero-order valence-corrected chi connectivity index (χ0v) is 22.5. The van der Waals surface area contributed by atoms with Crippen LogP contribution in [0.4, 0.5) is 0 Å². The summed E-state index contributed by atoms with van der Waals surface area (Å²) in [6, 6.07) is 8.03. The Bertz CT molecular complexity index is 1500. The van der Waals surface area contributed by atoms with E-state index in [0.29, 0.717) is 11.0 Å². The number of carbonyl (C=O) groups excluding carboxylic acids is 4. The van der Waals surface area contributed by atoms with Gasteiger partial charge in [-0.2, -0.15) is 0 Å². The summed E-state index contributed by atoms with van der Waals surface area (Å²) >= 11 is 0. The number of para-hydroxylation sites is 1. The van der Waals surface area contributed by atoms with E-state index in [4.69, 9.17) is 32.8 Å². The monoisotopic (exact) mass is 573 g/mol. The van der Waals surface area contributed by atoms with Gasteiger partial charge in [-0.25, -0.2) is 9.48 Å². The second kappa shape index (κ2) is 12.6. The van der Waals surface area contributed by atoms with Crippen molar-refractivity contribution in [2.24, 2.45) is 0 Å².